The van der Waals surface area contributed by atoms with Crippen molar-refractivity contribution in [3.63, 3.8) is 0 Å². The lowest BCUT2D eigenvalue weighted by Crippen LogP contribution is -2.31. The van der Waals surface area contributed by atoms with Gasteiger partial charge in [0.25, 0.3) is 11.8 Å². The van der Waals surface area contributed by atoms with Gasteiger partial charge in [0.15, 0.2) is 0 Å². The van der Waals surface area contributed by atoms with Gasteiger partial charge in [-0.05, 0) is 57.1 Å². The van der Waals surface area contributed by atoms with E-state index < -0.39 is 23.6 Å². The van der Waals surface area contributed by atoms with Crippen molar-refractivity contribution in [3.05, 3.63) is 71.5 Å². The summed E-state index contributed by atoms with van der Waals surface area (Å²) < 4.78 is 44.5. The number of fused-ring (bicyclic) bond motifs is 2. The Morgan fingerprint density at radius 1 is 0.842 bits per heavy atom. The number of para-hydroxylation sites is 1. The van der Waals surface area contributed by atoms with E-state index in [0.717, 1.165) is 37.6 Å². The van der Waals surface area contributed by atoms with Gasteiger partial charge >= 0.3 is 6.18 Å². The van der Waals surface area contributed by atoms with Crippen LogP contribution in [0, 0.1) is 0 Å². The summed E-state index contributed by atoms with van der Waals surface area (Å²) in [6.07, 6.45) is 2.93. The lowest BCUT2D eigenvalue weighted by Gasteiger charge is -2.26. The number of piperidine rings is 1. The average molecular weight is 521 g/mol. The predicted molar refractivity (Wildman–Crippen MR) is 140 cm³/mol. The molecule has 6 rings (SSSR count). The van der Waals surface area contributed by atoms with Gasteiger partial charge in [0.1, 0.15) is 0 Å². The third kappa shape index (κ3) is 4.20. The van der Waals surface area contributed by atoms with Gasteiger partial charge < -0.3 is 14.5 Å². The number of alkyl halides is 3. The minimum Gasteiger partial charge on any atom is -0.361 e. The number of rotatable bonds is 6. The first-order valence-corrected chi connectivity index (χ1v) is 12.9. The number of benzene rings is 2. The van der Waals surface area contributed by atoms with Crippen LogP contribution < -0.4 is 5.32 Å². The Kier molecular flexibility index (Phi) is 6.10. The Hall–Kier alpha value is -3.85. The zero-order chi connectivity index (χ0) is 26.4. The Balaban J connectivity index is 1.51. The third-order valence-electron chi connectivity index (χ3n) is 7.59. The van der Waals surface area contributed by atoms with Crippen LogP contribution in [0.25, 0.3) is 33.0 Å². The van der Waals surface area contributed by atoms with Crippen molar-refractivity contribution in [1.82, 2.24) is 19.8 Å². The summed E-state index contributed by atoms with van der Waals surface area (Å²) in [6, 6.07) is 11.4. The van der Waals surface area contributed by atoms with Crippen LogP contribution in [0.5, 0.6) is 0 Å². The second-order valence-electron chi connectivity index (χ2n) is 9.97. The minimum atomic E-state index is -4.63. The fourth-order valence-electron chi connectivity index (χ4n) is 5.86. The summed E-state index contributed by atoms with van der Waals surface area (Å²) in [4.78, 5) is 31.7. The molecule has 196 valence electrons. The number of aromatic nitrogens is 2. The zero-order valence-electron chi connectivity index (χ0n) is 20.7. The SMILES string of the molecule is O=C1NC(=O)C(c2cn(CCCN3CCCCC3)c3cccc(C(F)(F)F)c23)=C1c1c[nH]c2ccccc12. The number of nitrogens with zero attached hydrogens (tertiary/aromatic N) is 2. The van der Waals surface area contributed by atoms with Crippen LogP contribution in [0.1, 0.15) is 42.4 Å². The number of H-pyrrole nitrogens is 1. The molecule has 38 heavy (non-hydrogen) atoms. The molecule has 2 amide bonds. The summed E-state index contributed by atoms with van der Waals surface area (Å²) >= 11 is 0. The number of likely N-dealkylation sites (tertiary alicyclic amines) is 1. The highest BCUT2D eigenvalue weighted by Gasteiger charge is 2.39. The molecule has 6 nitrogen and oxygen atoms in total. The van der Waals surface area contributed by atoms with Crippen LogP contribution in [-0.4, -0.2) is 45.9 Å². The third-order valence-corrected chi connectivity index (χ3v) is 7.59. The first-order chi connectivity index (χ1) is 18.3. The van der Waals surface area contributed by atoms with Crippen LogP contribution in [0.2, 0.25) is 0 Å². The summed E-state index contributed by atoms with van der Waals surface area (Å²) in [5.41, 5.74) is 0.985. The van der Waals surface area contributed by atoms with Crippen molar-refractivity contribution < 1.29 is 22.8 Å². The maximum Gasteiger partial charge on any atom is 0.417 e. The number of amides is 2. The summed E-state index contributed by atoms with van der Waals surface area (Å²) in [6.45, 7) is 3.44. The van der Waals surface area contributed by atoms with E-state index >= 15 is 0 Å². The van der Waals surface area contributed by atoms with Gasteiger partial charge in [-0.15, -0.1) is 0 Å². The van der Waals surface area contributed by atoms with E-state index in [4.69, 9.17) is 0 Å². The molecule has 0 spiro atoms. The van der Waals surface area contributed by atoms with Crippen LogP contribution in [-0.2, 0) is 22.3 Å². The number of nitrogens with one attached hydrogen (secondary N) is 2. The molecule has 4 aromatic rings. The van der Waals surface area contributed by atoms with Gasteiger partial charge in [0.2, 0.25) is 0 Å². The second kappa shape index (κ2) is 9.47. The molecule has 4 heterocycles. The smallest absolute Gasteiger partial charge is 0.361 e. The summed E-state index contributed by atoms with van der Waals surface area (Å²) in [7, 11) is 0. The molecule has 1 fully saturated rings. The molecule has 2 aliphatic rings. The summed E-state index contributed by atoms with van der Waals surface area (Å²) in [5.74, 6) is -1.31. The summed E-state index contributed by atoms with van der Waals surface area (Å²) in [5, 5.41) is 2.98. The normalized spacial score (nSPS) is 17.2. The molecular weight excluding hydrogens is 493 g/mol. The molecular formula is C29H27F3N4O2. The fraction of sp³-hybridized carbons (Fsp3) is 0.310. The van der Waals surface area contributed by atoms with E-state index in [-0.39, 0.29) is 22.1 Å². The van der Waals surface area contributed by atoms with Gasteiger partial charge in [0, 0.05) is 51.9 Å². The molecule has 0 bridgehead atoms. The number of hydrogen-bond acceptors (Lipinski definition) is 3. The Bertz CT molecular complexity index is 1590. The highest BCUT2D eigenvalue weighted by molar-refractivity contribution is 6.50. The van der Waals surface area contributed by atoms with E-state index in [0.29, 0.717) is 23.0 Å². The minimum absolute atomic E-state index is 0.0313. The Morgan fingerprint density at radius 2 is 1.58 bits per heavy atom. The second-order valence-corrected chi connectivity index (χ2v) is 9.97. The molecule has 0 saturated carbocycles. The van der Waals surface area contributed by atoms with Crippen LogP contribution in [0.15, 0.2) is 54.9 Å². The van der Waals surface area contributed by atoms with Gasteiger partial charge in [-0.3, -0.25) is 14.9 Å². The predicted octanol–water partition coefficient (Wildman–Crippen LogP) is 5.58. The Labute approximate surface area is 217 Å². The van der Waals surface area contributed by atoms with Gasteiger partial charge in [-0.1, -0.05) is 30.7 Å². The molecule has 0 aliphatic carbocycles. The largest absolute Gasteiger partial charge is 0.417 e. The number of halogens is 3. The van der Waals surface area contributed by atoms with Gasteiger partial charge in [-0.2, -0.15) is 13.2 Å². The van der Waals surface area contributed by atoms with E-state index in [2.05, 4.69) is 15.2 Å². The number of hydrogen-bond donors (Lipinski definition) is 2. The van der Waals surface area contributed by atoms with E-state index in [1.165, 1.54) is 25.3 Å². The molecule has 2 aliphatic heterocycles. The number of aromatic amines is 1. The van der Waals surface area contributed by atoms with Crippen molar-refractivity contribution >= 4 is 44.8 Å². The van der Waals surface area contributed by atoms with Crippen LogP contribution in [0.3, 0.4) is 0 Å². The molecule has 0 radical (unpaired) electrons. The Morgan fingerprint density at radius 3 is 2.34 bits per heavy atom. The maximum absolute atomic E-state index is 14.2. The zero-order valence-corrected chi connectivity index (χ0v) is 20.7. The highest BCUT2D eigenvalue weighted by atomic mass is 19.4. The first-order valence-electron chi connectivity index (χ1n) is 12.9. The molecule has 2 N–H and O–H groups in total. The van der Waals surface area contributed by atoms with Gasteiger partial charge in [0.05, 0.1) is 16.7 Å². The lowest BCUT2D eigenvalue weighted by atomic mass is 9.94. The molecule has 9 heteroatoms. The fourth-order valence-corrected chi connectivity index (χ4v) is 5.86. The molecule has 0 atom stereocenters. The quantitative estimate of drug-likeness (QED) is 0.326. The molecule has 2 aromatic carbocycles. The van der Waals surface area contributed by atoms with Crippen molar-refractivity contribution in [3.8, 4) is 0 Å². The van der Waals surface area contributed by atoms with Gasteiger partial charge in [-0.25, -0.2) is 0 Å². The van der Waals surface area contributed by atoms with E-state index in [1.807, 2.05) is 24.3 Å². The van der Waals surface area contributed by atoms with Crippen molar-refractivity contribution in [2.24, 2.45) is 0 Å². The first kappa shape index (κ1) is 24.5. The van der Waals surface area contributed by atoms with E-state index in [9.17, 15) is 22.8 Å². The van der Waals surface area contributed by atoms with Crippen molar-refractivity contribution in [2.75, 3.05) is 19.6 Å². The number of carbonyl (C=O) groups is 2. The van der Waals surface area contributed by atoms with Crippen LogP contribution >= 0.6 is 0 Å². The lowest BCUT2D eigenvalue weighted by molar-refractivity contribution is -0.136. The van der Waals surface area contributed by atoms with Crippen molar-refractivity contribution in [1.29, 1.82) is 0 Å². The molecule has 2 aromatic heterocycles. The number of aryl methyl sites for hydroxylation is 1. The van der Waals surface area contributed by atoms with Crippen LogP contribution in [0.4, 0.5) is 13.2 Å². The van der Waals surface area contributed by atoms with Crippen molar-refractivity contribution in [2.45, 2.75) is 38.4 Å². The highest BCUT2D eigenvalue weighted by Crippen LogP contribution is 2.43. The standard InChI is InChI=1S/C29H27F3N4O2/c30-29(31,32)21-9-6-11-23-24(21)20(17-36(23)15-7-14-35-12-4-1-5-13-35)26-25(27(37)34-28(26)38)19-16-33-22-10-3-2-8-18(19)22/h2-3,6,8-11,16-17,33H,1,4-5,7,12-15H2,(H,34,37,38). The topological polar surface area (TPSA) is 70.1 Å². The molecule has 1 saturated heterocycles. The average Bonchev–Trinajstić information content (AvgIpc) is 3.56. The monoisotopic (exact) mass is 520 g/mol. The maximum atomic E-state index is 14.2. The number of carbonyl (C=O) groups excluding carboxylic acids is 2. The molecule has 0 unspecified atom stereocenters. The van der Waals surface area contributed by atoms with E-state index in [1.54, 1.807) is 23.0 Å². The number of imide groups is 1.